The first-order valence-electron chi connectivity index (χ1n) is 6.64. The van der Waals surface area contributed by atoms with Crippen LogP contribution < -0.4 is 0 Å². The summed E-state index contributed by atoms with van der Waals surface area (Å²) in [5, 5.41) is 6.82. The first kappa shape index (κ1) is 14.9. The maximum atomic E-state index is 12.1. The van der Waals surface area contributed by atoms with Gasteiger partial charge in [0.2, 0.25) is 5.91 Å². The highest BCUT2D eigenvalue weighted by atomic mass is 35.5. The Hall–Kier alpha value is -1.55. The highest BCUT2D eigenvalue weighted by Crippen LogP contribution is 2.39. The first-order chi connectivity index (χ1) is 9.34. The van der Waals surface area contributed by atoms with Crippen molar-refractivity contribution in [2.45, 2.75) is 45.2 Å². The first-order valence-corrected chi connectivity index (χ1v) is 7.01. The van der Waals surface area contributed by atoms with Crippen LogP contribution >= 0.6 is 11.6 Å². The molecule has 0 radical (unpaired) electrons. The van der Waals surface area contributed by atoms with Gasteiger partial charge in [-0.05, 0) is 32.4 Å². The molecule has 0 saturated heterocycles. The average molecular weight is 294 g/mol. The predicted octanol–water partition coefficient (Wildman–Crippen LogP) is 3.03. The summed E-state index contributed by atoms with van der Waals surface area (Å²) in [5.74, 6) is -0.000995. The van der Waals surface area contributed by atoms with Gasteiger partial charge >= 0.3 is 0 Å². The molecule has 1 amide bonds. The number of carbonyl (C=O) groups excluding carboxylic acids is 1. The van der Waals surface area contributed by atoms with Crippen LogP contribution in [0.3, 0.4) is 0 Å². The molecule has 1 aliphatic rings. The fourth-order valence-electron chi connectivity index (χ4n) is 2.63. The lowest BCUT2D eigenvalue weighted by atomic mass is 9.83. The zero-order valence-electron chi connectivity index (χ0n) is 12.3. The molecule has 1 heterocycles. The van der Waals surface area contributed by atoms with Crippen LogP contribution in [-0.2, 0) is 11.3 Å². The van der Waals surface area contributed by atoms with E-state index in [2.05, 4.69) is 10.2 Å². The van der Waals surface area contributed by atoms with Gasteiger partial charge in [-0.25, -0.2) is 0 Å². The summed E-state index contributed by atoms with van der Waals surface area (Å²) >= 11 is 6.73. The Bertz CT molecular complexity index is 558. The van der Waals surface area contributed by atoms with Gasteiger partial charge in [0.15, 0.2) is 0 Å². The third-order valence-electron chi connectivity index (χ3n) is 3.93. The smallest absolute Gasteiger partial charge is 0.220 e. The van der Waals surface area contributed by atoms with E-state index in [1.165, 1.54) is 0 Å². The summed E-state index contributed by atoms with van der Waals surface area (Å²) in [6, 6.07) is 1.71. The number of amides is 1. The Morgan fingerprint density at radius 2 is 2.20 bits per heavy atom. The van der Waals surface area contributed by atoms with E-state index in [9.17, 15) is 4.79 Å². The van der Waals surface area contributed by atoms with E-state index in [1.54, 1.807) is 18.0 Å². The molecular formula is C15H20ClN3O. The van der Waals surface area contributed by atoms with E-state index in [0.717, 1.165) is 16.8 Å². The number of aromatic amines is 1. The van der Waals surface area contributed by atoms with Gasteiger partial charge in [-0.3, -0.25) is 9.89 Å². The molecule has 4 nitrogen and oxygen atoms in total. The van der Waals surface area contributed by atoms with Crippen molar-refractivity contribution in [1.29, 1.82) is 0 Å². The van der Waals surface area contributed by atoms with Crippen LogP contribution in [0.4, 0.5) is 0 Å². The number of halogens is 1. The quantitative estimate of drug-likeness (QED) is 0.871. The monoisotopic (exact) mass is 293 g/mol. The zero-order chi connectivity index (χ0) is 14.9. The Labute approximate surface area is 124 Å². The molecule has 2 atom stereocenters. The number of carbonyl (C=O) groups is 1. The normalized spacial score (nSPS) is 25.9. The fraction of sp³-hybridized carbons (Fsp3) is 0.467. The standard InChI is InChI=1S/C15H20ClN3O/c1-10-5-6-11(2)15(4,16)14(10)19(12(3)20)9-13-7-8-17-18-13/h5-8,14H,9H2,1-4H3,(H,17,18). The summed E-state index contributed by atoms with van der Waals surface area (Å²) < 4.78 is 0. The molecule has 5 heteroatoms. The molecule has 0 fully saturated rings. The Morgan fingerprint density at radius 3 is 2.75 bits per heavy atom. The van der Waals surface area contributed by atoms with Gasteiger partial charge in [-0.1, -0.05) is 17.7 Å². The molecule has 0 aromatic carbocycles. The van der Waals surface area contributed by atoms with E-state index in [4.69, 9.17) is 11.6 Å². The summed E-state index contributed by atoms with van der Waals surface area (Å²) in [5.41, 5.74) is 3.04. The highest BCUT2D eigenvalue weighted by Gasteiger charge is 2.41. The van der Waals surface area contributed by atoms with Gasteiger partial charge in [0.1, 0.15) is 0 Å². The van der Waals surface area contributed by atoms with Crippen molar-refractivity contribution < 1.29 is 4.79 Å². The molecule has 1 aliphatic carbocycles. The summed E-state index contributed by atoms with van der Waals surface area (Å²) in [7, 11) is 0. The van der Waals surface area contributed by atoms with E-state index < -0.39 is 4.87 Å². The van der Waals surface area contributed by atoms with Crippen LogP contribution in [0.25, 0.3) is 0 Å². The lowest BCUT2D eigenvalue weighted by Gasteiger charge is -2.43. The number of rotatable bonds is 3. The van der Waals surface area contributed by atoms with Crippen molar-refractivity contribution in [3.8, 4) is 0 Å². The number of allylic oxidation sites excluding steroid dienone is 2. The molecule has 20 heavy (non-hydrogen) atoms. The van der Waals surface area contributed by atoms with Crippen molar-refractivity contribution >= 4 is 17.5 Å². The van der Waals surface area contributed by atoms with Gasteiger partial charge in [0.25, 0.3) is 0 Å². The third kappa shape index (κ3) is 2.66. The lowest BCUT2D eigenvalue weighted by Crippen LogP contribution is -2.52. The zero-order valence-corrected chi connectivity index (χ0v) is 13.0. The molecule has 0 aliphatic heterocycles. The Kier molecular flexibility index (Phi) is 4.04. The van der Waals surface area contributed by atoms with Crippen molar-refractivity contribution in [2.24, 2.45) is 0 Å². The minimum Gasteiger partial charge on any atom is -0.328 e. The minimum atomic E-state index is -0.593. The highest BCUT2D eigenvalue weighted by molar-refractivity contribution is 6.26. The maximum Gasteiger partial charge on any atom is 0.220 e. The number of H-pyrrole nitrogens is 1. The molecule has 2 unspecified atom stereocenters. The van der Waals surface area contributed by atoms with Crippen molar-refractivity contribution in [3.63, 3.8) is 0 Å². The topological polar surface area (TPSA) is 49.0 Å². The van der Waals surface area contributed by atoms with Crippen LogP contribution in [0, 0.1) is 0 Å². The van der Waals surface area contributed by atoms with Crippen LogP contribution in [0.1, 0.15) is 33.4 Å². The van der Waals surface area contributed by atoms with E-state index >= 15 is 0 Å². The summed E-state index contributed by atoms with van der Waals surface area (Å²) in [4.78, 5) is 13.3. The number of hydrogen-bond acceptors (Lipinski definition) is 2. The van der Waals surface area contributed by atoms with Crippen LogP contribution in [-0.4, -0.2) is 31.9 Å². The van der Waals surface area contributed by atoms with Gasteiger partial charge in [0.05, 0.1) is 23.2 Å². The number of hydrogen-bond donors (Lipinski definition) is 1. The molecule has 1 aromatic heterocycles. The van der Waals surface area contributed by atoms with Crippen molar-refractivity contribution in [3.05, 3.63) is 41.3 Å². The molecule has 2 rings (SSSR count). The van der Waals surface area contributed by atoms with Gasteiger partial charge in [-0.2, -0.15) is 5.10 Å². The largest absolute Gasteiger partial charge is 0.328 e. The minimum absolute atomic E-state index is 0.000995. The van der Waals surface area contributed by atoms with E-state index in [-0.39, 0.29) is 11.9 Å². The number of nitrogens with one attached hydrogen (secondary N) is 1. The number of aromatic nitrogens is 2. The van der Waals surface area contributed by atoms with Crippen LogP contribution in [0.15, 0.2) is 35.6 Å². The third-order valence-corrected chi connectivity index (χ3v) is 4.43. The van der Waals surface area contributed by atoms with Crippen LogP contribution in [0.2, 0.25) is 0 Å². The van der Waals surface area contributed by atoms with Crippen molar-refractivity contribution in [1.82, 2.24) is 15.1 Å². The second-order valence-electron chi connectivity index (χ2n) is 5.47. The Balaban J connectivity index is 2.36. The SMILES string of the molecule is CC(=O)N(Cc1ccn[nH]1)C1C(C)=CC=C(C)C1(C)Cl. The molecule has 1 N–H and O–H groups in total. The maximum absolute atomic E-state index is 12.1. The van der Waals surface area contributed by atoms with Gasteiger partial charge in [-0.15, -0.1) is 11.6 Å². The van der Waals surface area contributed by atoms with Crippen LogP contribution in [0.5, 0.6) is 0 Å². The summed E-state index contributed by atoms with van der Waals surface area (Å²) in [6.07, 6.45) is 5.74. The average Bonchev–Trinajstić information content (AvgIpc) is 2.86. The molecule has 0 spiro atoms. The fourth-order valence-corrected chi connectivity index (χ4v) is 2.99. The number of alkyl halides is 1. The molecule has 0 saturated carbocycles. The Morgan fingerprint density at radius 1 is 1.50 bits per heavy atom. The van der Waals surface area contributed by atoms with Crippen molar-refractivity contribution in [2.75, 3.05) is 0 Å². The van der Waals surface area contributed by atoms with E-state index in [1.807, 2.05) is 39.0 Å². The number of nitrogens with zero attached hydrogens (tertiary/aromatic N) is 2. The second-order valence-corrected chi connectivity index (χ2v) is 6.25. The van der Waals surface area contributed by atoms with Gasteiger partial charge < -0.3 is 4.90 Å². The van der Waals surface area contributed by atoms with Gasteiger partial charge in [0, 0.05) is 13.1 Å². The predicted molar refractivity (Wildman–Crippen MR) is 80.4 cm³/mol. The summed E-state index contributed by atoms with van der Waals surface area (Å²) in [6.45, 7) is 8.02. The van der Waals surface area contributed by atoms with E-state index in [0.29, 0.717) is 6.54 Å². The lowest BCUT2D eigenvalue weighted by molar-refractivity contribution is -0.131. The molecule has 108 valence electrons. The molecule has 0 bridgehead atoms. The molecular weight excluding hydrogens is 274 g/mol. The second kappa shape index (κ2) is 5.44. The molecule has 1 aromatic rings.